The summed E-state index contributed by atoms with van der Waals surface area (Å²) in [5.74, 6) is -1.15. The van der Waals surface area contributed by atoms with Crippen LogP contribution in [0.2, 0.25) is 0 Å². The molecule has 0 radical (unpaired) electrons. The van der Waals surface area contributed by atoms with Crippen LogP contribution in [0.3, 0.4) is 0 Å². The highest BCUT2D eigenvalue weighted by Gasteiger charge is 2.25. The van der Waals surface area contributed by atoms with Crippen LogP contribution in [0.25, 0.3) is 0 Å². The van der Waals surface area contributed by atoms with Gasteiger partial charge in [-0.2, -0.15) is 0 Å². The first-order valence-corrected chi connectivity index (χ1v) is 3.25. The van der Waals surface area contributed by atoms with Crippen molar-refractivity contribution in [1.29, 1.82) is 0 Å². The van der Waals surface area contributed by atoms with E-state index < -0.39 is 5.97 Å². The number of carboxylic acid groups (broad SMARTS) is 1. The third kappa shape index (κ3) is 1.35. The van der Waals surface area contributed by atoms with Gasteiger partial charge in [0, 0.05) is 0 Å². The lowest BCUT2D eigenvalue weighted by molar-refractivity contribution is -0.141. The molecule has 0 amide bonds. The fourth-order valence-electron chi connectivity index (χ4n) is 1.19. The van der Waals surface area contributed by atoms with E-state index >= 15 is 0 Å². The van der Waals surface area contributed by atoms with Crippen LogP contribution < -0.4 is 0 Å². The van der Waals surface area contributed by atoms with E-state index in [1.165, 1.54) is 0 Å². The molecule has 1 fully saturated rings. The van der Waals surface area contributed by atoms with Gasteiger partial charge in [0.25, 0.3) is 0 Å². The monoisotopic (exact) mass is 144 g/mol. The average molecular weight is 144 g/mol. The van der Waals surface area contributed by atoms with Crippen LogP contribution in [0.5, 0.6) is 0 Å². The number of halogens is 1. The minimum Gasteiger partial charge on any atom is -0.481 e. The number of allylic oxidation sites excluding steroid dienone is 1. The topological polar surface area (TPSA) is 37.3 Å². The molecule has 1 aliphatic rings. The smallest absolute Gasteiger partial charge is 0.306 e. The lowest BCUT2D eigenvalue weighted by atomic mass is 10.1. The van der Waals surface area contributed by atoms with Crippen LogP contribution in [0.1, 0.15) is 19.3 Å². The zero-order chi connectivity index (χ0) is 7.56. The van der Waals surface area contributed by atoms with E-state index in [2.05, 4.69) is 0 Å². The second kappa shape index (κ2) is 2.82. The van der Waals surface area contributed by atoms with Gasteiger partial charge in [0.05, 0.1) is 12.2 Å². The molecule has 1 N–H and O–H groups in total. The van der Waals surface area contributed by atoms with Crippen molar-refractivity contribution in [2.75, 3.05) is 0 Å². The lowest BCUT2D eigenvalue weighted by Crippen LogP contribution is -2.08. The van der Waals surface area contributed by atoms with Crippen molar-refractivity contribution >= 4 is 5.97 Å². The molecule has 1 rings (SSSR count). The lowest BCUT2D eigenvalue weighted by Gasteiger charge is -1.97. The highest BCUT2D eigenvalue weighted by Crippen LogP contribution is 2.30. The predicted octanol–water partition coefficient (Wildman–Crippen LogP) is 1.72. The summed E-state index contributed by atoms with van der Waals surface area (Å²) >= 11 is 0. The van der Waals surface area contributed by atoms with Gasteiger partial charge in [-0.3, -0.25) is 4.79 Å². The Kier molecular flexibility index (Phi) is 2.04. The second-order valence-corrected chi connectivity index (χ2v) is 2.55. The molecule has 56 valence electrons. The molecule has 0 aromatic carbocycles. The van der Waals surface area contributed by atoms with Crippen LogP contribution in [0.15, 0.2) is 11.9 Å². The number of hydrogen-bond donors (Lipinski definition) is 1. The minimum absolute atomic E-state index is 0.345. The number of carboxylic acids is 1. The van der Waals surface area contributed by atoms with E-state index in [0.29, 0.717) is 31.2 Å². The Labute approximate surface area is 58.4 Å². The fourth-order valence-corrected chi connectivity index (χ4v) is 1.19. The van der Waals surface area contributed by atoms with Crippen molar-refractivity contribution in [2.24, 2.45) is 5.92 Å². The van der Waals surface area contributed by atoms with Gasteiger partial charge in [0.2, 0.25) is 0 Å². The summed E-state index contributed by atoms with van der Waals surface area (Å²) in [6.45, 7) is 0. The van der Waals surface area contributed by atoms with Crippen molar-refractivity contribution in [3.63, 3.8) is 0 Å². The fraction of sp³-hybridized carbons (Fsp3) is 0.571. The Hall–Kier alpha value is -0.860. The minimum atomic E-state index is -0.808. The van der Waals surface area contributed by atoms with Gasteiger partial charge in [-0.25, -0.2) is 4.39 Å². The molecular weight excluding hydrogens is 135 g/mol. The highest BCUT2D eigenvalue weighted by atomic mass is 19.1. The predicted molar refractivity (Wildman–Crippen MR) is 34.2 cm³/mol. The molecule has 0 aromatic rings. The average Bonchev–Trinajstić information content (AvgIpc) is 2.34. The van der Waals surface area contributed by atoms with Crippen molar-refractivity contribution in [1.82, 2.24) is 0 Å². The van der Waals surface area contributed by atoms with Gasteiger partial charge in [0.15, 0.2) is 0 Å². The molecule has 0 spiro atoms. The van der Waals surface area contributed by atoms with Crippen LogP contribution in [-0.2, 0) is 4.79 Å². The van der Waals surface area contributed by atoms with Gasteiger partial charge < -0.3 is 5.11 Å². The van der Waals surface area contributed by atoms with E-state index in [1.807, 2.05) is 0 Å². The summed E-state index contributed by atoms with van der Waals surface area (Å²) in [4.78, 5) is 10.3. The summed E-state index contributed by atoms with van der Waals surface area (Å²) < 4.78 is 11.8. The van der Waals surface area contributed by atoms with Gasteiger partial charge >= 0.3 is 5.97 Å². The molecule has 1 aliphatic carbocycles. The standard InChI is InChI=1S/C7H9FO2/c8-4-5-1-2-6(3-5)7(9)10/h4,6H,1-3H2,(H,9,10)/b5-4-. The second-order valence-electron chi connectivity index (χ2n) is 2.55. The van der Waals surface area contributed by atoms with Crippen LogP contribution in [0.4, 0.5) is 4.39 Å². The quantitative estimate of drug-likeness (QED) is 0.608. The van der Waals surface area contributed by atoms with E-state index in [-0.39, 0.29) is 5.92 Å². The third-order valence-electron chi connectivity index (χ3n) is 1.83. The normalized spacial score (nSPS) is 29.3. The van der Waals surface area contributed by atoms with Crippen molar-refractivity contribution in [2.45, 2.75) is 19.3 Å². The van der Waals surface area contributed by atoms with Gasteiger partial charge in [-0.05, 0) is 24.8 Å². The molecule has 3 heteroatoms. The highest BCUT2D eigenvalue weighted by molar-refractivity contribution is 5.71. The zero-order valence-electron chi connectivity index (χ0n) is 5.51. The SMILES string of the molecule is O=C(O)C1CC/C(=C/F)C1. The molecule has 0 aliphatic heterocycles. The third-order valence-corrected chi connectivity index (χ3v) is 1.83. The molecule has 1 unspecified atom stereocenters. The Bertz CT molecular complexity index is 174. The van der Waals surface area contributed by atoms with Gasteiger partial charge in [-0.1, -0.05) is 0 Å². The first kappa shape index (κ1) is 7.25. The molecule has 0 saturated heterocycles. The molecule has 1 atom stereocenters. The van der Waals surface area contributed by atoms with Crippen LogP contribution in [-0.4, -0.2) is 11.1 Å². The van der Waals surface area contributed by atoms with Gasteiger partial charge in [0.1, 0.15) is 0 Å². The van der Waals surface area contributed by atoms with E-state index in [0.717, 1.165) is 0 Å². The van der Waals surface area contributed by atoms with Crippen LogP contribution in [0, 0.1) is 5.92 Å². The number of rotatable bonds is 1. The Morgan fingerprint density at radius 1 is 1.80 bits per heavy atom. The number of aliphatic carboxylic acids is 1. The van der Waals surface area contributed by atoms with E-state index in [4.69, 9.17) is 5.11 Å². The summed E-state index contributed by atoms with van der Waals surface area (Å²) in [5, 5.41) is 8.48. The maximum Gasteiger partial charge on any atom is 0.306 e. The molecule has 10 heavy (non-hydrogen) atoms. The maximum absolute atomic E-state index is 11.8. The number of carbonyl (C=O) groups is 1. The number of hydrogen-bond acceptors (Lipinski definition) is 1. The summed E-state index contributed by atoms with van der Waals surface area (Å²) in [5.41, 5.74) is 0.632. The van der Waals surface area contributed by atoms with E-state index in [1.54, 1.807) is 0 Å². The first-order chi connectivity index (χ1) is 4.74. The molecule has 2 nitrogen and oxygen atoms in total. The maximum atomic E-state index is 11.8. The Morgan fingerprint density at radius 3 is 2.80 bits per heavy atom. The molecule has 0 heterocycles. The first-order valence-electron chi connectivity index (χ1n) is 3.25. The largest absolute Gasteiger partial charge is 0.481 e. The Morgan fingerprint density at radius 2 is 2.50 bits per heavy atom. The molecule has 0 bridgehead atoms. The molecule has 0 aromatic heterocycles. The molecule has 1 saturated carbocycles. The Balaban J connectivity index is 2.51. The van der Waals surface area contributed by atoms with Crippen molar-refractivity contribution < 1.29 is 14.3 Å². The van der Waals surface area contributed by atoms with E-state index in [9.17, 15) is 9.18 Å². The zero-order valence-corrected chi connectivity index (χ0v) is 5.51. The van der Waals surface area contributed by atoms with Crippen LogP contribution >= 0.6 is 0 Å². The van der Waals surface area contributed by atoms with Crippen molar-refractivity contribution in [3.05, 3.63) is 11.9 Å². The van der Waals surface area contributed by atoms with Gasteiger partial charge in [-0.15, -0.1) is 0 Å². The summed E-state index contributed by atoms with van der Waals surface area (Å²) in [6.07, 6.45) is 2.12. The summed E-state index contributed by atoms with van der Waals surface area (Å²) in [6, 6.07) is 0. The summed E-state index contributed by atoms with van der Waals surface area (Å²) in [7, 11) is 0. The molecular formula is C7H9FO2. The van der Waals surface area contributed by atoms with Crippen molar-refractivity contribution in [3.8, 4) is 0 Å².